The summed E-state index contributed by atoms with van der Waals surface area (Å²) in [5, 5.41) is 3.60. The fraction of sp³-hybridized carbons (Fsp3) is 0.737. The molecule has 0 aromatic carbocycles. The Bertz CT molecular complexity index is 630. The smallest absolute Gasteiger partial charge is 0.236 e. The first kappa shape index (κ1) is 17.7. The zero-order valence-corrected chi connectivity index (χ0v) is 15.6. The van der Waals surface area contributed by atoms with Crippen molar-refractivity contribution in [3.8, 4) is 0 Å². The van der Waals surface area contributed by atoms with Crippen LogP contribution >= 0.6 is 0 Å². The van der Waals surface area contributed by atoms with Gasteiger partial charge < -0.3 is 15.0 Å². The second-order valence-electron chi connectivity index (χ2n) is 7.69. The summed E-state index contributed by atoms with van der Waals surface area (Å²) in [5.74, 6) is 2.42. The van der Waals surface area contributed by atoms with E-state index in [-0.39, 0.29) is 11.9 Å². The van der Waals surface area contributed by atoms with Crippen LogP contribution in [0.3, 0.4) is 0 Å². The number of anilines is 1. The number of carbonyl (C=O) groups is 1. The Morgan fingerprint density at radius 1 is 1.27 bits per heavy atom. The van der Waals surface area contributed by atoms with Crippen molar-refractivity contribution in [2.24, 2.45) is 11.8 Å². The highest BCUT2D eigenvalue weighted by Crippen LogP contribution is 2.42. The van der Waals surface area contributed by atoms with Gasteiger partial charge in [0.1, 0.15) is 12.1 Å². The summed E-state index contributed by atoms with van der Waals surface area (Å²) >= 11 is 0. The monoisotopic (exact) mass is 359 g/mol. The molecule has 7 heteroatoms. The van der Waals surface area contributed by atoms with Gasteiger partial charge in [-0.15, -0.1) is 0 Å². The Balaban J connectivity index is 1.39. The van der Waals surface area contributed by atoms with Crippen molar-refractivity contribution in [1.82, 2.24) is 19.8 Å². The Morgan fingerprint density at radius 3 is 2.81 bits per heavy atom. The second kappa shape index (κ2) is 7.88. The van der Waals surface area contributed by atoms with E-state index >= 15 is 0 Å². The van der Waals surface area contributed by atoms with E-state index in [0.717, 1.165) is 63.2 Å². The molecular formula is C19H29N5O2. The van der Waals surface area contributed by atoms with Gasteiger partial charge in [0.15, 0.2) is 0 Å². The van der Waals surface area contributed by atoms with Gasteiger partial charge in [-0.2, -0.15) is 0 Å². The largest absolute Gasteiger partial charge is 0.379 e. The van der Waals surface area contributed by atoms with Gasteiger partial charge in [-0.05, 0) is 25.2 Å². The van der Waals surface area contributed by atoms with Crippen molar-refractivity contribution < 1.29 is 9.53 Å². The summed E-state index contributed by atoms with van der Waals surface area (Å²) in [4.78, 5) is 25.7. The average molecular weight is 359 g/mol. The lowest BCUT2D eigenvalue weighted by Crippen LogP contribution is -2.44. The zero-order chi connectivity index (χ0) is 17.9. The fourth-order valence-electron chi connectivity index (χ4n) is 4.10. The molecule has 1 aliphatic carbocycles. The molecule has 0 spiro atoms. The van der Waals surface area contributed by atoms with Crippen LogP contribution in [0.25, 0.3) is 0 Å². The van der Waals surface area contributed by atoms with Gasteiger partial charge in [0.2, 0.25) is 5.91 Å². The summed E-state index contributed by atoms with van der Waals surface area (Å²) < 4.78 is 5.38. The van der Waals surface area contributed by atoms with Gasteiger partial charge >= 0.3 is 0 Å². The number of rotatable bonds is 6. The van der Waals surface area contributed by atoms with Crippen LogP contribution < -0.4 is 5.32 Å². The molecule has 1 N–H and O–H groups in total. The van der Waals surface area contributed by atoms with E-state index in [2.05, 4.69) is 32.0 Å². The molecule has 2 aliphatic heterocycles. The van der Waals surface area contributed by atoms with Crippen LogP contribution in [0.5, 0.6) is 0 Å². The summed E-state index contributed by atoms with van der Waals surface area (Å²) in [7, 11) is 0. The highest BCUT2D eigenvalue weighted by Gasteiger charge is 2.44. The molecule has 1 amide bonds. The normalized spacial score (nSPS) is 26.9. The second-order valence-corrected chi connectivity index (χ2v) is 7.69. The average Bonchev–Trinajstić information content (AvgIpc) is 3.43. The quantitative estimate of drug-likeness (QED) is 0.818. The summed E-state index contributed by atoms with van der Waals surface area (Å²) in [6.45, 7) is 7.43. The molecule has 3 aliphatic rings. The van der Waals surface area contributed by atoms with Crippen molar-refractivity contribution in [3.05, 3.63) is 18.1 Å². The van der Waals surface area contributed by atoms with E-state index in [1.54, 1.807) is 6.33 Å². The molecule has 0 unspecified atom stereocenters. The number of aryl methyl sites for hydroxylation is 1. The number of nitrogens with one attached hydrogen (secondary N) is 1. The number of morpholine rings is 1. The molecule has 142 valence electrons. The molecule has 1 saturated carbocycles. The van der Waals surface area contributed by atoms with Crippen molar-refractivity contribution in [3.63, 3.8) is 0 Å². The number of carbonyl (C=O) groups excluding carboxylic acids is 1. The molecule has 7 nitrogen and oxygen atoms in total. The minimum atomic E-state index is 0.249. The van der Waals surface area contributed by atoms with Crippen molar-refractivity contribution in [1.29, 1.82) is 0 Å². The summed E-state index contributed by atoms with van der Waals surface area (Å²) in [6, 6.07) is 2.32. The summed E-state index contributed by atoms with van der Waals surface area (Å²) in [6.07, 6.45) is 5.11. The van der Waals surface area contributed by atoms with Gasteiger partial charge in [-0.3, -0.25) is 9.69 Å². The van der Waals surface area contributed by atoms with Crippen LogP contribution in [-0.4, -0.2) is 77.7 Å². The standard InChI is InChI=1S/C19H29N5O2/c1-2-15-9-18(21-13-20-15)22-17-11-24(10-16(17)14-3-4-14)19(25)12-23-5-7-26-8-6-23/h9,13-14,16-17H,2-8,10-12H2,1H3,(H,20,21,22)/t16-,17+/m0/s1. The lowest BCUT2D eigenvalue weighted by Gasteiger charge is -2.28. The van der Waals surface area contributed by atoms with E-state index < -0.39 is 0 Å². The van der Waals surface area contributed by atoms with Crippen LogP contribution in [0.15, 0.2) is 12.4 Å². The maximum atomic E-state index is 12.8. The van der Waals surface area contributed by atoms with Crippen LogP contribution in [0, 0.1) is 11.8 Å². The molecular weight excluding hydrogens is 330 g/mol. The first-order valence-corrected chi connectivity index (χ1v) is 9.88. The lowest BCUT2D eigenvalue weighted by molar-refractivity contribution is -0.132. The molecule has 0 radical (unpaired) electrons. The number of ether oxygens (including phenoxy) is 1. The third-order valence-electron chi connectivity index (χ3n) is 5.83. The van der Waals surface area contributed by atoms with E-state index in [9.17, 15) is 4.79 Å². The minimum absolute atomic E-state index is 0.249. The Hall–Kier alpha value is -1.73. The zero-order valence-electron chi connectivity index (χ0n) is 15.6. The highest BCUT2D eigenvalue weighted by molar-refractivity contribution is 5.78. The first-order chi connectivity index (χ1) is 12.7. The first-order valence-electron chi connectivity index (χ1n) is 9.88. The number of likely N-dealkylation sites (tertiary alicyclic amines) is 1. The molecule has 2 atom stereocenters. The topological polar surface area (TPSA) is 70.6 Å². The van der Waals surface area contributed by atoms with Crippen LogP contribution in [-0.2, 0) is 16.0 Å². The van der Waals surface area contributed by atoms with Gasteiger partial charge in [-0.25, -0.2) is 9.97 Å². The SMILES string of the molecule is CCc1cc(N[C@@H]2CN(C(=O)CN3CCOCC3)C[C@H]2C2CC2)ncn1. The van der Waals surface area contributed by atoms with Crippen molar-refractivity contribution >= 4 is 11.7 Å². The number of amides is 1. The molecule has 1 aromatic rings. The predicted octanol–water partition coefficient (Wildman–Crippen LogP) is 1.02. The predicted molar refractivity (Wildman–Crippen MR) is 98.9 cm³/mol. The van der Waals surface area contributed by atoms with Crippen LogP contribution in [0.2, 0.25) is 0 Å². The van der Waals surface area contributed by atoms with E-state index in [1.165, 1.54) is 12.8 Å². The van der Waals surface area contributed by atoms with Crippen LogP contribution in [0.1, 0.15) is 25.5 Å². The molecule has 1 aromatic heterocycles. The van der Waals surface area contributed by atoms with E-state index in [4.69, 9.17) is 4.74 Å². The summed E-state index contributed by atoms with van der Waals surface area (Å²) in [5.41, 5.74) is 1.05. The molecule has 3 fully saturated rings. The maximum absolute atomic E-state index is 12.8. The lowest BCUT2D eigenvalue weighted by atomic mass is 9.98. The Morgan fingerprint density at radius 2 is 2.08 bits per heavy atom. The minimum Gasteiger partial charge on any atom is -0.379 e. The number of aromatic nitrogens is 2. The number of hydrogen-bond donors (Lipinski definition) is 1. The number of nitrogens with zero attached hydrogens (tertiary/aromatic N) is 4. The molecule has 26 heavy (non-hydrogen) atoms. The fourth-order valence-corrected chi connectivity index (χ4v) is 4.10. The molecule has 3 heterocycles. The van der Waals surface area contributed by atoms with Gasteiger partial charge in [0.05, 0.1) is 19.8 Å². The maximum Gasteiger partial charge on any atom is 0.236 e. The molecule has 2 saturated heterocycles. The van der Waals surface area contributed by atoms with Crippen molar-refractivity contribution in [2.45, 2.75) is 32.2 Å². The Kier molecular flexibility index (Phi) is 5.36. The van der Waals surface area contributed by atoms with E-state index in [0.29, 0.717) is 12.5 Å². The van der Waals surface area contributed by atoms with Crippen molar-refractivity contribution in [2.75, 3.05) is 51.3 Å². The van der Waals surface area contributed by atoms with Crippen LogP contribution in [0.4, 0.5) is 5.82 Å². The van der Waals surface area contributed by atoms with Gasteiger partial charge in [-0.1, -0.05) is 6.92 Å². The third kappa shape index (κ3) is 4.15. The number of hydrogen-bond acceptors (Lipinski definition) is 6. The molecule has 0 bridgehead atoms. The van der Waals surface area contributed by atoms with Gasteiger partial charge in [0.25, 0.3) is 0 Å². The van der Waals surface area contributed by atoms with Gasteiger partial charge in [0, 0.05) is 49.9 Å². The Labute approximate surface area is 155 Å². The highest BCUT2D eigenvalue weighted by atomic mass is 16.5. The third-order valence-corrected chi connectivity index (χ3v) is 5.83. The molecule has 4 rings (SSSR count). The van der Waals surface area contributed by atoms with E-state index in [1.807, 2.05) is 6.07 Å².